The second-order valence-electron chi connectivity index (χ2n) is 4.28. The van der Waals surface area contributed by atoms with Crippen molar-refractivity contribution in [2.75, 3.05) is 7.05 Å². The second-order valence-corrected chi connectivity index (χ2v) is 5.20. The Bertz CT molecular complexity index is 522. The van der Waals surface area contributed by atoms with Gasteiger partial charge in [0.1, 0.15) is 0 Å². The van der Waals surface area contributed by atoms with Gasteiger partial charge in [-0.15, -0.1) is 11.3 Å². The summed E-state index contributed by atoms with van der Waals surface area (Å²) in [5.74, 6) is -0.0578. The lowest BCUT2D eigenvalue weighted by Gasteiger charge is -2.11. The molecule has 0 aliphatic rings. The molecule has 0 aliphatic carbocycles. The smallest absolute Gasteiger partial charge is 0.251 e. The molecule has 0 aliphatic heterocycles. The summed E-state index contributed by atoms with van der Waals surface area (Å²) in [6, 6.07) is 7.90. The van der Waals surface area contributed by atoms with Gasteiger partial charge in [-0.3, -0.25) is 9.78 Å². The number of aromatic nitrogens is 1. The molecule has 1 aromatic carbocycles. The highest BCUT2D eigenvalue weighted by molar-refractivity contribution is 7.09. The largest absolute Gasteiger partial charge is 0.355 e. The summed E-state index contributed by atoms with van der Waals surface area (Å²) in [4.78, 5) is 16.7. The van der Waals surface area contributed by atoms with Crippen molar-refractivity contribution in [1.82, 2.24) is 15.6 Å². The number of hydrogen-bond acceptors (Lipinski definition) is 4. The van der Waals surface area contributed by atoms with Crippen LogP contribution < -0.4 is 10.6 Å². The van der Waals surface area contributed by atoms with Gasteiger partial charge in [-0.05, 0) is 24.6 Å². The van der Waals surface area contributed by atoms with Gasteiger partial charge in [0, 0.05) is 36.3 Å². The van der Waals surface area contributed by atoms with Gasteiger partial charge >= 0.3 is 0 Å². The number of amides is 1. The van der Waals surface area contributed by atoms with Crippen LogP contribution in [-0.4, -0.2) is 17.9 Å². The average molecular weight is 275 g/mol. The number of carbonyl (C=O) groups is 1. The van der Waals surface area contributed by atoms with E-state index in [0.717, 1.165) is 12.1 Å². The highest BCUT2D eigenvalue weighted by Crippen LogP contribution is 2.16. The van der Waals surface area contributed by atoms with Crippen molar-refractivity contribution >= 4 is 17.2 Å². The molecule has 1 heterocycles. The van der Waals surface area contributed by atoms with Crippen molar-refractivity contribution < 1.29 is 4.79 Å². The van der Waals surface area contributed by atoms with Crippen LogP contribution in [0.2, 0.25) is 0 Å². The van der Waals surface area contributed by atoms with Gasteiger partial charge in [0.05, 0.1) is 5.51 Å². The molecule has 2 rings (SSSR count). The van der Waals surface area contributed by atoms with E-state index in [9.17, 15) is 4.79 Å². The third kappa shape index (κ3) is 3.62. The van der Waals surface area contributed by atoms with Crippen molar-refractivity contribution in [3.05, 3.63) is 52.0 Å². The molecule has 5 heteroatoms. The van der Waals surface area contributed by atoms with Gasteiger partial charge in [0.25, 0.3) is 5.91 Å². The Labute approximate surface area is 116 Å². The summed E-state index contributed by atoms with van der Waals surface area (Å²) < 4.78 is 0. The van der Waals surface area contributed by atoms with Crippen LogP contribution >= 0.6 is 11.3 Å². The second kappa shape index (κ2) is 6.45. The molecule has 1 aromatic heterocycles. The number of nitrogens with zero attached hydrogens (tertiary/aromatic N) is 1. The Morgan fingerprint density at radius 2 is 2.11 bits per heavy atom. The first-order valence-electron chi connectivity index (χ1n) is 6.13. The molecule has 19 heavy (non-hydrogen) atoms. The Kier molecular flexibility index (Phi) is 4.65. The van der Waals surface area contributed by atoms with E-state index in [1.165, 1.54) is 4.88 Å². The third-order valence-electron chi connectivity index (χ3n) is 2.93. The Morgan fingerprint density at radius 3 is 2.68 bits per heavy atom. The van der Waals surface area contributed by atoms with E-state index in [1.807, 2.05) is 36.0 Å². The minimum Gasteiger partial charge on any atom is -0.355 e. The maximum atomic E-state index is 11.4. The van der Waals surface area contributed by atoms with Crippen molar-refractivity contribution in [2.45, 2.75) is 19.5 Å². The van der Waals surface area contributed by atoms with Gasteiger partial charge < -0.3 is 10.6 Å². The third-order valence-corrected chi connectivity index (χ3v) is 3.89. The molecule has 0 radical (unpaired) electrons. The molecule has 2 aromatic rings. The summed E-state index contributed by atoms with van der Waals surface area (Å²) in [5, 5.41) is 6.04. The predicted octanol–water partition coefficient (Wildman–Crippen LogP) is 2.35. The maximum Gasteiger partial charge on any atom is 0.251 e. The molecule has 1 unspecified atom stereocenters. The van der Waals surface area contributed by atoms with Crippen molar-refractivity contribution in [2.24, 2.45) is 0 Å². The quantitative estimate of drug-likeness (QED) is 0.880. The standard InChI is InChI=1S/C14H17N3OS/c1-10(13-8-16-9-19-13)17-7-11-3-5-12(6-4-11)14(18)15-2/h3-6,8-10,17H,7H2,1-2H3,(H,15,18). The van der Waals surface area contributed by atoms with Crippen LogP contribution in [0.1, 0.15) is 33.8 Å². The number of rotatable bonds is 5. The molecule has 0 saturated heterocycles. The molecule has 0 bridgehead atoms. The van der Waals surface area contributed by atoms with Crippen LogP contribution in [0.4, 0.5) is 0 Å². The van der Waals surface area contributed by atoms with E-state index in [-0.39, 0.29) is 11.9 Å². The van der Waals surface area contributed by atoms with E-state index in [0.29, 0.717) is 5.56 Å². The van der Waals surface area contributed by atoms with Gasteiger partial charge in [-0.2, -0.15) is 0 Å². The monoisotopic (exact) mass is 275 g/mol. The SMILES string of the molecule is CNC(=O)c1ccc(CNC(C)c2cncs2)cc1. The predicted molar refractivity (Wildman–Crippen MR) is 77.2 cm³/mol. The molecule has 4 nitrogen and oxygen atoms in total. The summed E-state index contributed by atoms with van der Waals surface area (Å²) >= 11 is 1.65. The molecule has 1 amide bonds. The number of nitrogens with one attached hydrogen (secondary N) is 2. The summed E-state index contributed by atoms with van der Waals surface area (Å²) in [5.41, 5.74) is 3.68. The molecular weight excluding hydrogens is 258 g/mol. The normalized spacial score (nSPS) is 12.1. The van der Waals surface area contributed by atoms with E-state index in [2.05, 4.69) is 22.5 Å². The molecule has 0 saturated carbocycles. The summed E-state index contributed by atoms with van der Waals surface area (Å²) in [6.07, 6.45) is 1.89. The van der Waals surface area contributed by atoms with Crippen molar-refractivity contribution in [1.29, 1.82) is 0 Å². The zero-order valence-corrected chi connectivity index (χ0v) is 11.8. The minimum absolute atomic E-state index is 0.0578. The Hall–Kier alpha value is -1.72. The molecular formula is C14H17N3OS. The maximum absolute atomic E-state index is 11.4. The van der Waals surface area contributed by atoms with E-state index < -0.39 is 0 Å². The number of hydrogen-bond donors (Lipinski definition) is 2. The topological polar surface area (TPSA) is 54.0 Å². The highest BCUT2D eigenvalue weighted by atomic mass is 32.1. The zero-order chi connectivity index (χ0) is 13.7. The highest BCUT2D eigenvalue weighted by Gasteiger charge is 2.07. The van der Waals surface area contributed by atoms with Crippen LogP contribution in [0, 0.1) is 0 Å². The molecule has 1 atom stereocenters. The molecule has 2 N–H and O–H groups in total. The Balaban J connectivity index is 1.91. The molecule has 100 valence electrons. The van der Waals surface area contributed by atoms with Crippen LogP contribution in [-0.2, 0) is 6.54 Å². The first-order valence-corrected chi connectivity index (χ1v) is 7.01. The van der Waals surface area contributed by atoms with Crippen LogP contribution in [0.5, 0.6) is 0 Å². The van der Waals surface area contributed by atoms with E-state index in [4.69, 9.17) is 0 Å². The van der Waals surface area contributed by atoms with Gasteiger partial charge in [0.2, 0.25) is 0 Å². The van der Waals surface area contributed by atoms with Crippen molar-refractivity contribution in [3.63, 3.8) is 0 Å². The van der Waals surface area contributed by atoms with Gasteiger partial charge in [0.15, 0.2) is 0 Å². The first kappa shape index (κ1) is 13.7. The fraction of sp³-hybridized carbons (Fsp3) is 0.286. The molecule has 0 spiro atoms. The first-order chi connectivity index (χ1) is 9.20. The van der Waals surface area contributed by atoms with E-state index >= 15 is 0 Å². The average Bonchev–Trinajstić information content (AvgIpc) is 2.98. The van der Waals surface area contributed by atoms with Gasteiger partial charge in [-0.25, -0.2) is 0 Å². The number of benzene rings is 1. The van der Waals surface area contributed by atoms with Crippen molar-refractivity contribution in [3.8, 4) is 0 Å². The van der Waals surface area contributed by atoms with Crippen LogP contribution in [0.25, 0.3) is 0 Å². The Morgan fingerprint density at radius 1 is 1.37 bits per heavy atom. The van der Waals surface area contributed by atoms with Gasteiger partial charge in [-0.1, -0.05) is 12.1 Å². The lowest BCUT2D eigenvalue weighted by atomic mass is 10.1. The van der Waals surface area contributed by atoms with E-state index in [1.54, 1.807) is 18.4 Å². The minimum atomic E-state index is -0.0578. The fourth-order valence-corrected chi connectivity index (χ4v) is 2.38. The lowest BCUT2D eigenvalue weighted by Crippen LogP contribution is -2.19. The number of carbonyl (C=O) groups excluding carboxylic acids is 1. The fourth-order valence-electron chi connectivity index (χ4n) is 1.73. The lowest BCUT2D eigenvalue weighted by molar-refractivity contribution is 0.0963. The summed E-state index contributed by atoms with van der Waals surface area (Å²) in [7, 11) is 1.63. The summed E-state index contributed by atoms with van der Waals surface area (Å²) in [6.45, 7) is 2.89. The van der Waals surface area contributed by atoms with Crippen LogP contribution in [0.3, 0.4) is 0 Å². The molecule has 0 fully saturated rings. The van der Waals surface area contributed by atoms with Crippen LogP contribution in [0.15, 0.2) is 36.0 Å². The zero-order valence-electron chi connectivity index (χ0n) is 11.0. The number of thiazole rings is 1.